The number of non-ortho nitro benzene ring substituents is 1. The molecule has 2 aromatic carbocycles. The first-order valence-corrected chi connectivity index (χ1v) is 8.48. The molecule has 1 N–H and O–H groups in total. The number of carbonyl (C=O) groups is 1. The summed E-state index contributed by atoms with van der Waals surface area (Å²) in [6.07, 6.45) is 0. The van der Waals surface area contributed by atoms with E-state index in [0.29, 0.717) is 22.3 Å². The number of benzene rings is 2. The number of rotatable bonds is 5. The van der Waals surface area contributed by atoms with Gasteiger partial charge in [0, 0.05) is 23.7 Å². The minimum Gasteiger partial charge on any atom is -0.430 e. The molecule has 0 radical (unpaired) electrons. The SMILES string of the molecule is CCNC(=O)c1cc([N+](=O)[O-])ccc1Oc1nc2cc(Cl)ccc2s1. The number of fused-ring (bicyclic) bond motifs is 1. The van der Waals surface area contributed by atoms with Crippen molar-refractivity contribution in [3.63, 3.8) is 0 Å². The van der Waals surface area contributed by atoms with E-state index in [9.17, 15) is 14.9 Å². The van der Waals surface area contributed by atoms with Gasteiger partial charge in [-0.05, 0) is 31.2 Å². The summed E-state index contributed by atoms with van der Waals surface area (Å²) in [5.74, 6) is -0.257. The van der Waals surface area contributed by atoms with E-state index >= 15 is 0 Å². The first-order valence-electron chi connectivity index (χ1n) is 7.28. The van der Waals surface area contributed by atoms with Crippen molar-refractivity contribution in [2.45, 2.75) is 6.92 Å². The second-order valence-electron chi connectivity index (χ2n) is 4.99. The molecule has 0 saturated carbocycles. The maximum absolute atomic E-state index is 12.2. The molecule has 0 fully saturated rings. The Morgan fingerprint density at radius 1 is 1.36 bits per heavy atom. The number of halogens is 1. The van der Waals surface area contributed by atoms with Gasteiger partial charge >= 0.3 is 0 Å². The van der Waals surface area contributed by atoms with Gasteiger partial charge in [0.15, 0.2) is 0 Å². The minimum absolute atomic E-state index is 0.0772. The van der Waals surface area contributed by atoms with E-state index in [1.165, 1.54) is 29.5 Å². The standard InChI is InChI=1S/C16H12ClN3O4S/c1-2-18-15(21)11-8-10(20(22)23)4-5-13(11)24-16-19-12-7-9(17)3-6-14(12)25-16/h3-8H,2H2,1H3,(H,18,21). The van der Waals surface area contributed by atoms with Gasteiger partial charge in [-0.1, -0.05) is 22.9 Å². The highest BCUT2D eigenvalue weighted by molar-refractivity contribution is 7.20. The first kappa shape index (κ1) is 17.1. The summed E-state index contributed by atoms with van der Waals surface area (Å²) in [7, 11) is 0. The number of nitrogens with zero attached hydrogens (tertiary/aromatic N) is 2. The zero-order valence-electron chi connectivity index (χ0n) is 13.0. The Kier molecular flexibility index (Phi) is 4.82. The molecular formula is C16H12ClN3O4S. The average Bonchev–Trinajstić information content (AvgIpc) is 2.96. The Morgan fingerprint density at radius 3 is 2.88 bits per heavy atom. The van der Waals surface area contributed by atoms with Gasteiger partial charge in [-0.2, -0.15) is 0 Å². The Labute approximate surface area is 151 Å². The van der Waals surface area contributed by atoms with Crippen molar-refractivity contribution in [3.8, 4) is 10.9 Å². The summed E-state index contributed by atoms with van der Waals surface area (Å²) >= 11 is 7.23. The number of nitrogens with one attached hydrogen (secondary N) is 1. The summed E-state index contributed by atoms with van der Waals surface area (Å²) in [6.45, 7) is 2.15. The van der Waals surface area contributed by atoms with Crippen LogP contribution < -0.4 is 10.1 Å². The van der Waals surface area contributed by atoms with Crippen LogP contribution in [0.3, 0.4) is 0 Å². The molecule has 7 nitrogen and oxygen atoms in total. The summed E-state index contributed by atoms with van der Waals surface area (Å²) in [5, 5.41) is 14.4. The maximum Gasteiger partial charge on any atom is 0.279 e. The first-order chi connectivity index (χ1) is 12.0. The number of carbonyl (C=O) groups excluding carboxylic acids is 1. The van der Waals surface area contributed by atoms with Crippen LogP contribution in [-0.2, 0) is 0 Å². The predicted molar refractivity (Wildman–Crippen MR) is 95.8 cm³/mol. The number of hydrogen-bond acceptors (Lipinski definition) is 6. The molecule has 1 aromatic heterocycles. The Hall–Kier alpha value is -2.71. The lowest BCUT2D eigenvalue weighted by molar-refractivity contribution is -0.384. The molecule has 0 aliphatic rings. The maximum atomic E-state index is 12.2. The third-order valence-electron chi connectivity index (χ3n) is 3.28. The fourth-order valence-electron chi connectivity index (χ4n) is 2.17. The van der Waals surface area contributed by atoms with Crippen LogP contribution in [0, 0.1) is 10.1 Å². The van der Waals surface area contributed by atoms with Crippen LogP contribution in [0.4, 0.5) is 5.69 Å². The normalized spacial score (nSPS) is 10.6. The molecule has 0 atom stereocenters. The summed E-state index contributed by atoms with van der Waals surface area (Å²) in [4.78, 5) is 26.9. The minimum atomic E-state index is -0.563. The van der Waals surface area contributed by atoms with E-state index in [1.54, 1.807) is 19.1 Å². The summed E-state index contributed by atoms with van der Waals surface area (Å²) in [6, 6.07) is 9.13. The quantitative estimate of drug-likeness (QED) is 0.525. The Bertz CT molecular complexity index is 973. The van der Waals surface area contributed by atoms with Gasteiger partial charge in [0.05, 0.1) is 20.7 Å². The van der Waals surface area contributed by atoms with Crippen molar-refractivity contribution in [1.29, 1.82) is 0 Å². The van der Waals surface area contributed by atoms with Gasteiger partial charge in [-0.3, -0.25) is 14.9 Å². The van der Waals surface area contributed by atoms with Crippen LogP contribution in [0.2, 0.25) is 5.02 Å². The Morgan fingerprint density at radius 2 is 2.16 bits per heavy atom. The number of thiazole rings is 1. The molecule has 0 saturated heterocycles. The van der Waals surface area contributed by atoms with Crippen molar-refractivity contribution in [2.75, 3.05) is 6.54 Å². The molecule has 0 aliphatic heterocycles. The number of aromatic nitrogens is 1. The molecule has 25 heavy (non-hydrogen) atoms. The lowest BCUT2D eigenvalue weighted by Crippen LogP contribution is -2.23. The van der Waals surface area contributed by atoms with E-state index < -0.39 is 10.8 Å². The number of amides is 1. The van der Waals surface area contributed by atoms with Crippen LogP contribution in [0.25, 0.3) is 10.2 Å². The van der Waals surface area contributed by atoms with Gasteiger partial charge in [-0.15, -0.1) is 0 Å². The van der Waals surface area contributed by atoms with E-state index in [1.807, 2.05) is 6.07 Å². The summed E-state index contributed by atoms with van der Waals surface area (Å²) in [5.41, 5.74) is 0.562. The number of nitro groups is 1. The second kappa shape index (κ2) is 7.04. The molecule has 0 spiro atoms. The second-order valence-corrected chi connectivity index (χ2v) is 6.42. The lowest BCUT2D eigenvalue weighted by atomic mass is 10.1. The number of hydrogen-bond donors (Lipinski definition) is 1. The molecule has 3 aromatic rings. The fourth-order valence-corrected chi connectivity index (χ4v) is 3.15. The van der Waals surface area contributed by atoms with Crippen LogP contribution in [0.5, 0.6) is 10.9 Å². The van der Waals surface area contributed by atoms with Gasteiger partial charge in [0.25, 0.3) is 16.8 Å². The van der Waals surface area contributed by atoms with Crippen molar-refractivity contribution >= 4 is 44.7 Å². The lowest BCUT2D eigenvalue weighted by Gasteiger charge is -2.08. The molecule has 3 rings (SSSR count). The molecule has 0 aliphatic carbocycles. The largest absolute Gasteiger partial charge is 0.430 e. The van der Waals surface area contributed by atoms with E-state index in [-0.39, 0.29) is 17.0 Å². The van der Waals surface area contributed by atoms with Crippen molar-refractivity contribution in [3.05, 3.63) is 57.1 Å². The fraction of sp³-hybridized carbons (Fsp3) is 0.125. The van der Waals surface area contributed by atoms with Crippen molar-refractivity contribution in [1.82, 2.24) is 10.3 Å². The highest BCUT2D eigenvalue weighted by atomic mass is 35.5. The van der Waals surface area contributed by atoms with Crippen LogP contribution >= 0.6 is 22.9 Å². The monoisotopic (exact) mass is 377 g/mol. The highest BCUT2D eigenvalue weighted by Crippen LogP contribution is 2.34. The van der Waals surface area contributed by atoms with Gasteiger partial charge < -0.3 is 10.1 Å². The third kappa shape index (κ3) is 3.70. The molecule has 0 bridgehead atoms. The molecule has 9 heteroatoms. The molecule has 128 valence electrons. The van der Waals surface area contributed by atoms with Crippen LogP contribution in [-0.4, -0.2) is 22.4 Å². The average molecular weight is 378 g/mol. The number of ether oxygens (including phenoxy) is 1. The van der Waals surface area contributed by atoms with Crippen LogP contribution in [0.1, 0.15) is 17.3 Å². The Balaban J connectivity index is 1.99. The smallest absolute Gasteiger partial charge is 0.279 e. The molecule has 0 unspecified atom stereocenters. The third-order valence-corrected chi connectivity index (χ3v) is 4.43. The van der Waals surface area contributed by atoms with Crippen LogP contribution in [0.15, 0.2) is 36.4 Å². The number of nitro benzene ring substituents is 1. The molecular weight excluding hydrogens is 366 g/mol. The zero-order chi connectivity index (χ0) is 18.0. The van der Waals surface area contributed by atoms with Gasteiger partial charge in [0.1, 0.15) is 5.75 Å². The van der Waals surface area contributed by atoms with Crippen molar-refractivity contribution < 1.29 is 14.5 Å². The predicted octanol–water partition coefficient (Wildman–Crippen LogP) is 4.40. The molecule has 1 amide bonds. The molecule has 1 heterocycles. The topological polar surface area (TPSA) is 94.4 Å². The van der Waals surface area contributed by atoms with Crippen molar-refractivity contribution in [2.24, 2.45) is 0 Å². The highest BCUT2D eigenvalue weighted by Gasteiger charge is 2.19. The van der Waals surface area contributed by atoms with E-state index in [2.05, 4.69) is 10.3 Å². The zero-order valence-corrected chi connectivity index (χ0v) is 14.6. The van der Waals surface area contributed by atoms with E-state index in [4.69, 9.17) is 16.3 Å². The van der Waals surface area contributed by atoms with Gasteiger partial charge in [-0.25, -0.2) is 4.98 Å². The van der Waals surface area contributed by atoms with Gasteiger partial charge in [0.2, 0.25) is 0 Å². The van der Waals surface area contributed by atoms with E-state index in [0.717, 1.165) is 4.70 Å². The summed E-state index contributed by atoms with van der Waals surface area (Å²) < 4.78 is 6.59.